The van der Waals surface area contributed by atoms with E-state index in [0.717, 1.165) is 0 Å². The van der Waals surface area contributed by atoms with E-state index >= 15 is 0 Å². The molecule has 0 amide bonds. The van der Waals surface area contributed by atoms with Gasteiger partial charge in [-0.2, -0.15) is 0 Å². The Kier molecular flexibility index (Phi) is 3.04. The Morgan fingerprint density at radius 1 is 1.30 bits per heavy atom. The predicted molar refractivity (Wildman–Crippen MR) is 75.7 cm³/mol. The van der Waals surface area contributed by atoms with Gasteiger partial charge in [0.1, 0.15) is 5.52 Å². The molecule has 0 bridgehead atoms. The third-order valence-electron chi connectivity index (χ3n) is 3.76. The van der Waals surface area contributed by atoms with Gasteiger partial charge in [-0.15, -0.1) is 0 Å². The third-order valence-corrected chi connectivity index (χ3v) is 3.76. The number of aromatic nitrogens is 2. The molecular formula is C16H11F3N2O2. The molecule has 1 atom stereocenters. The summed E-state index contributed by atoms with van der Waals surface area (Å²) >= 11 is 0. The maximum atomic E-state index is 14.1. The van der Waals surface area contributed by atoms with E-state index in [1.807, 2.05) is 0 Å². The molecule has 2 heterocycles. The van der Waals surface area contributed by atoms with Crippen molar-refractivity contribution in [2.24, 2.45) is 5.92 Å². The van der Waals surface area contributed by atoms with Crippen LogP contribution in [0.2, 0.25) is 0 Å². The zero-order valence-corrected chi connectivity index (χ0v) is 11.8. The van der Waals surface area contributed by atoms with E-state index in [1.165, 1.54) is 12.1 Å². The monoisotopic (exact) mass is 320 g/mol. The van der Waals surface area contributed by atoms with Crippen molar-refractivity contribution in [1.29, 1.82) is 0 Å². The van der Waals surface area contributed by atoms with E-state index < -0.39 is 17.7 Å². The highest BCUT2D eigenvalue weighted by Gasteiger charge is 2.57. The molecule has 1 fully saturated rings. The Balaban J connectivity index is 1.55. The second-order valence-corrected chi connectivity index (χ2v) is 5.48. The Morgan fingerprint density at radius 2 is 2.13 bits per heavy atom. The van der Waals surface area contributed by atoms with Crippen LogP contribution < -0.4 is 4.74 Å². The van der Waals surface area contributed by atoms with Gasteiger partial charge in [-0.1, -0.05) is 0 Å². The first-order valence-corrected chi connectivity index (χ1v) is 7.04. The number of alkyl halides is 2. The summed E-state index contributed by atoms with van der Waals surface area (Å²) < 4.78 is 50.3. The van der Waals surface area contributed by atoms with Gasteiger partial charge >= 0.3 is 0 Å². The molecule has 4 nitrogen and oxygen atoms in total. The molecule has 0 spiro atoms. The van der Waals surface area contributed by atoms with Crippen LogP contribution in [0.3, 0.4) is 0 Å². The van der Waals surface area contributed by atoms with Crippen molar-refractivity contribution in [1.82, 2.24) is 9.97 Å². The van der Waals surface area contributed by atoms with Crippen LogP contribution in [-0.2, 0) is 0 Å². The Bertz CT molecular complexity index is 846. The van der Waals surface area contributed by atoms with E-state index in [-0.39, 0.29) is 24.7 Å². The van der Waals surface area contributed by atoms with E-state index in [2.05, 4.69) is 9.97 Å². The highest BCUT2D eigenvalue weighted by Crippen LogP contribution is 2.48. The zero-order chi connectivity index (χ0) is 16.0. The lowest BCUT2D eigenvalue weighted by atomic mass is 10.2. The number of rotatable bonds is 4. The van der Waals surface area contributed by atoms with Crippen LogP contribution in [0.25, 0.3) is 22.6 Å². The molecule has 0 radical (unpaired) electrons. The average Bonchev–Trinajstić information content (AvgIpc) is 2.96. The highest BCUT2D eigenvalue weighted by atomic mass is 19.3. The topological polar surface area (TPSA) is 48.2 Å². The lowest BCUT2D eigenvalue weighted by Gasteiger charge is -2.07. The number of benzene rings is 1. The minimum Gasteiger partial charge on any atom is -0.490 e. The first kappa shape index (κ1) is 14.0. The Morgan fingerprint density at radius 3 is 2.83 bits per heavy atom. The maximum absolute atomic E-state index is 14.1. The molecule has 2 aromatic heterocycles. The standard InChI is InChI=1S/C16H11F3N2O2/c17-11-5-9(15-21-12-7-20-4-3-14(12)23-15)1-2-13(11)22-8-10-6-16(10,18)19/h1-5,7,10H,6,8H2. The van der Waals surface area contributed by atoms with Crippen molar-refractivity contribution in [3.8, 4) is 17.2 Å². The van der Waals surface area contributed by atoms with Crippen molar-refractivity contribution >= 4 is 11.1 Å². The van der Waals surface area contributed by atoms with E-state index in [4.69, 9.17) is 9.15 Å². The van der Waals surface area contributed by atoms with Crippen LogP contribution in [0.15, 0.2) is 41.1 Å². The fraction of sp³-hybridized carbons (Fsp3) is 0.250. The molecule has 4 rings (SSSR count). The van der Waals surface area contributed by atoms with E-state index in [0.29, 0.717) is 16.7 Å². The van der Waals surface area contributed by atoms with Gasteiger partial charge < -0.3 is 9.15 Å². The number of fused-ring (bicyclic) bond motifs is 1. The average molecular weight is 320 g/mol. The van der Waals surface area contributed by atoms with Crippen molar-refractivity contribution < 1.29 is 22.3 Å². The molecule has 0 saturated heterocycles. The summed E-state index contributed by atoms with van der Waals surface area (Å²) in [7, 11) is 0. The second-order valence-electron chi connectivity index (χ2n) is 5.48. The first-order chi connectivity index (χ1) is 11.0. The lowest BCUT2D eigenvalue weighted by molar-refractivity contribution is 0.0850. The number of halogens is 3. The van der Waals surface area contributed by atoms with Crippen molar-refractivity contribution in [3.05, 3.63) is 42.5 Å². The van der Waals surface area contributed by atoms with Gasteiger partial charge in [0.15, 0.2) is 17.1 Å². The van der Waals surface area contributed by atoms with Gasteiger partial charge in [0.2, 0.25) is 5.89 Å². The molecular weight excluding hydrogens is 309 g/mol. The molecule has 3 aromatic rings. The molecule has 1 unspecified atom stereocenters. The van der Waals surface area contributed by atoms with Crippen LogP contribution in [0, 0.1) is 11.7 Å². The van der Waals surface area contributed by atoms with Crippen molar-refractivity contribution in [2.75, 3.05) is 6.61 Å². The molecule has 7 heteroatoms. The summed E-state index contributed by atoms with van der Waals surface area (Å²) in [6, 6.07) is 5.83. The van der Waals surface area contributed by atoms with Crippen LogP contribution >= 0.6 is 0 Å². The summed E-state index contributed by atoms with van der Waals surface area (Å²) in [5.41, 5.74) is 1.55. The summed E-state index contributed by atoms with van der Waals surface area (Å²) in [6.45, 7) is -0.197. The molecule has 1 saturated carbocycles. The van der Waals surface area contributed by atoms with Gasteiger partial charge in [0.05, 0.1) is 18.7 Å². The van der Waals surface area contributed by atoms with Crippen molar-refractivity contribution in [2.45, 2.75) is 12.3 Å². The highest BCUT2D eigenvalue weighted by molar-refractivity contribution is 5.75. The molecule has 0 N–H and O–H groups in total. The third kappa shape index (κ3) is 2.62. The number of ether oxygens (including phenoxy) is 1. The molecule has 1 aliphatic carbocycles. The van der Waals surface area contributed by atoms with Gasteiger partial charge in [-0.3, -0.25) is 4.98 Å². The predicted octanol–water partition coefficient (Wildman–Crippen LogP) is 4.06. The van der Waals surface area contributed by atoms with Crippen LogP contribution in [0.1, 0.15) is 6.42 Å². The van der Waals surface area contributed by atoms with Gasteiger partial charge in [0, 0.05) is 24.2 Å². The minimum absolute atomic E-state index is 0.0609. The van der Waals surface area contributed by atoms with Gasteiger partial charge in [0.25, 0.3) is 5.92 Å². The normalized spacial score (nSPS) is 19.0. The summed E-state index contributed by atoms with van der Waals surface area (Å²) in [5.74, 6) is -3.96. The molecule has 0 aliphatic heterocycles. The number of hydrogen-bond donors (Lipinski definition) is 0. The van der Waals surface area contributed by atoms with Crippen LogP contribution in [-0.4, -0.2) is 22.5 Å². The quantitative estimate of drug-likeness (QED) is 0.727. The minimum atomic E-state index is -2.68. The SMILES string of the molecule is Fc1cc(-c2nc3cnccc3o2)ccc1OCC1CC1(F)F. The fourth-order valence-electron chi connectivity index (χ4n) is 2.30. The summed E-state index contributed by atoms with van der Waals surface area (Å²) in [5, 5.41) is 0. The first-order valence-electron chi connectivity index (χ1n) is 7.04. The zero-order valence-electron chi connectivity index (χ0n) is 11.8. The van der Waals surface area contributed by atoms with E-state index in [1.54, 1.807) is 24.5 Å². The second kappa shape index (κ2) is 4.97. The molecule has 23 heavy (non-hydrogen) atoms. The summed E-state index contributed by atoms with van der Waals surface area (Å²) in [4.78, 5) is 8.15. The fourth-order valence-corrected chi connectivity index (χ4v) is 2.30. The largest absolute Gasteiger partial charge is 0.490 e. The Hall–Kier alpha value is -2.57. The van der Waals surface area contributed by atoms with E-state index in [9.17, 15) is 13.2 Å². The number of hydrogen-bond acceptors (Lipinski definition) is 4. The maximum Gasteiger partial charge on any atom is 0.255 e. The van der Waals surface area contributed by atoms with Crippen LogP contribution in [0.5, 0.6) is 5.75 Å². The van der Waals surface area contributed by atoms with Gasteiger partial charge in [-0.25, -0.2) is 18.2 Å². The van der Waals surface area contributed by atoms with Crippen LogP contribution in [0.4, 0.5) is 13.2 Å². The molecule has 1 aliphatic rings. The van der Waals surface area contributed by atoms with Crippen molar-refractivity contribution in [3.63, 3.8) is 0 Å². The molecule has 1 aromatic carbocycles. The molecule has 118 valence electrons. The number of oxazole rings is 1. The lowest BCUT2D eigenvalue weighted by Crippen LogP contribution is -2.06. The van der Waals surface area contributed by atoms with Gasteiger partial charge in [-0.05, 0) is 18.2 Å². The number of pyridine rings is 1. The smallest absolute Gasteiger partial charge is 0.255 e. The Labute approximate surface area is 128 Å². The number of nitrogens with zero attached hydrogens (tertiary/aromatic N) is 2. The summed E-state index contributed by atoms with van der Waals surface area (Å²) in [6.07, 6.45) is 2.91.